The van der Waals surface area contributed by atoms with Crippen LogP contribution in [0.15, 0.2) is 116 Å². The zero-order valence-electron chi connectivity index (χ0n) is 26.6. The minimum absolute atomic E-state index is 0.0556. The number of aliphatic hydroxyl groups excluding tert-OH is 1. The van der Waals surface area contributed by atoms with Crippen LogP contribution in [0.5, 0.6) is 0 Å². The first kappa shape index (κ1) is 35.9. The summed E-state index contributed by atoms with van der Waals surface area (Å²) in [5, 5.41) is 15.7. The van der Waals surface area contributed by atoms with Gasteiger partial charge < -0.3 is 25.2 Å². The summed E-state index contributed by atoms with van der Waals surface area (Å²) in [6.07, 6.45) is 3.92. The maximum atomic E-state index is 13.7. The lowest BCUT2D eigenvalue weighted by atomic mass is 9.95. The Kier molecular flexibility index (Phi) is 15.4. The molecule has 0 heterocycles. The van der Waals surface area contributed by atoms with Crippen molar-refractivity contribution in [3.63, 3.8) is 0 Å². The third kappa shape index (κ3) is 11.8. The van der Waals surface area contributed by atoms with Crippen LogP contribution in [0, 0.1) is 11.8 Å². The molecule has 0 spiro atoms. The second-order valence-corrected chi connectivity index (χ2v) is 11.3. The van der Waals surface area contributed by atoms with Gasteiger partial charge in [-0.3, -0.25) is 14.4 Å². The first-order valence-corrected chi connectivity index (χ1v) is 15.6. The van der Waals surface area contributed by atoms with Gasteiger partial charge in [-0.25, -0.2) is 0 Å². The number of rotatable bonds is 20. The second-order valence-electron chi connectivity index (χ2n) is 11.3. The number of nitrogens with one attached hydrogen (secondary N) is 2. The van der Waals surface area contributed by atoms with Crippen LogP contribution in [0.1, 0.15) is 42.1 Å². The molecule has 0 aromatic heterocycles. The summed E-state index contributed by atoms with van der Waals surface area (Å²) in [5.41, 5.74) is 2.67. The number of hydrogen-bond donors (Lipinski definition) is 3. The molecule has 0 aliphatic heterocycles. The molecule has 3 aromatic rings. The van der Waals surface area contributed by atoms with Gasteiger partial charge in [-0.2, -0.15) is 0 Å². The molecule has 244 valence electrons. The average Bonchev–Trinajstić information content (AvgIpc) is 3.07. The Bertz CT molecular complexity index is 1370. The second kappa shape index (κ2) is 19.8. The molecule has 0 saturated carbocycles. The van der Waals surface area contributed by atoms with Crippen LogP contribution in [0.4, 0.5) is 0 Å². The van der Waals surface area contributed by atoms with Gasteiger partial charge in [0.1, 0.15) is 6.10 Å². The Morgan fingerprint density at radius 2 is 1.33 bits per heavy atom. The molecular weight excluding hydrogens is 580 g/mol. The third-order valence-corrected chi connectivity index (χ3v) is 7.68. The first-order chi connectivity index (χ1) is 22.4. The standard InChI is InChI=1S/C38H46N2O6/c1-4-15-31(25-35(42)39-33(26-41)24-29-19-11-7-12-20-29)37(43)40-34(27-45-3)36(30-21-13-8-14-22-30)46-38(44)32(16-5-2)23-28-17-9-6-10-18-28/h4-14,17-22,31-34,36,41H,1-2,15-16,23-27H2,3H3,(H,39,42)(H,40,43)/t31-,32-,33+,34+,36+/m1/s1. The fourth-order valence-corrected chi connectivity index (χ4v) is 5.35. The maximum Gasteiger partial charge on any atom is 0.310 e. The molecular formula is C38H46N2O6. The van der Waals surface area contributed by atoms with Gasteiger partial charge in [0.25, 0.3) is 0 Å². The molecule has 46 heavy (non-hydrogen) atoms. The van der Waals surface area contributed by atoms with E-state index in [2.05, 4.69) is 23.8 Å². The van der Waals surface area contributed by atoms with Crippen molar-refractivity contribution in [2.75, 3.05) is 20.3 Å². The first-order valence-electron chi connectivity index (χ1n) is 15.6. The quantitative estimate of drug-likeness (QED) is 0.118. The highest BCUT2D eigenvalue weighted by atomic mass is 16.5. The Balaban J connectivity index is 1.77. The zero-order chi connectivity index (χ0) is 33.1. The highest BCUT2D eigenvalue weighted by molar-refractivity contribution is 5.86. The number of hydrogen-bond acceptors (Lipinski definition) is 6. The van der Waals surface area contributed by atoms with E-state index in [1.807, 2.05) is 91.0 Å². The topological polar surface area (TPSA) is 114 Å². The van der Waals surface area contributed by atoms with Gasteiger partial charge in [0, 0.05) is 13.5 Å². The summed E-state index contributed by atoms with van der Waals surface area (Å²) in [7, 11) is 1.51. The molecule has 5 atom stereocenters. The third-order valence-electron chi connectivity index (χ3n) is 7.68. The van der Waals surface area contributed by atoms with E-state index in [-0.39, 0.29) is 32.0 Å². The summed E-state index contributed by atoms with van der Waals surface area (Å²) in [6, 6.07) is 27.2. The smallest absolute Gasteiger partial charge is 0.310 e. The van der Waals surface area contributed by atoms with Crippen molar-refractivity contribution in [3.8, 4) is 0 Å². The molecule has 3 aromatic carbocycles. The predicted molar refractivity (Wildman–Crippen MR) is 180 cm³/mol. The number of allylic oxidation sites excluding steroid dienone is 2. The fraction of sp³-hybridized carbons (Fsp3) is 0.342. The van der Waals surface area contributed by atoms with Crippen molar-refractivity contribution in [1.82, 2.24) is 10.6 Å². The van der Waals surface area contributed by atoms with Crippen molar-refractivity contribution in [1.29, 1.82) is 0 Å². The van der Waals surface area contributed by atoms with Gasteiger partial charge in [0.2, 0.25) is 11.8 Å². The van der Waals surface area contributed by atoms with Crippen molar-refractivity contribution >= 4 is 17.8 Å². The van der Waals surface area contributed by atoms with Crippen LogP contribution in [0.2, 0.25) is 0 Å². The lowest BCUT2D eigenvalue weighted by Gasteiger charge is -2.30. The molecule has 0 aliphatic carbocycles. The van der Waals surface area contributed by atoms with Crippen LogP contribution >= 0.6 is 0 Å². The van der Waals surface area contributed by atoms with Crippen LogP contribution < -0.4 is 10.6 Å². The van der Waals surface area contributed by atoms with E-state index >= 15 is 0 Å². The van der Waals surface area contributed by atoms with E-state index in [1.165, 1.54) is 7.11 Å². The molecule has 0 fully saturated rings. The Hall–Kier alpha value is -4.53. The van der Waals surface area contributed by atoms with Gasteiger partial charge >= 0.3 is 5.97 Å². The van der Waals surface area contributed by atoms with Crippen LogP contribution in [-0.4, -0.2) is 55.3 Å². The molecule has 0 saturated heterocycles. The number of benzene rings is 3. The molecule has 3 rings (SSSR count). The minimum Gasteiger partial charge on any atom is -0.455 e. The maximum absolute atomic E-state index is 13.7. The van der Waals surface area contributed by atoms with E-state index in [0.717, 1.165) is 11.1 Å². The van der Waals surface area contributed by atoms with Crippen molar-refractivity contribution < 1.29 is 29.0 Å². The molecule has 8 nitrogen and oxygen atoms in total. The molecule has 2 amide bonds. The number of carbonyl (C=O) groups is 3. The predicted octanol–water partition coefficient (Wildman–Crippen LogP) is 5.14. The van der Waals surface area contributed by atoms with Crippen LogP contribution in [0.25, 0.3) is 0 Å². The molecule has 0 radical (unpaired) electrons. The van der Waals surface area contributed by atoms with E-state index in [1.54, 1.807) is 12.2 Å². The monoisotopic (exact) mass is 626 g/mol. The average molecular weight is 627 g/mol. The molecule has 8 heteroatoms. The molecule has 0 unspecified atom stereocenters. The summed E-state index contributed by atoms with van der Waals surface area (Å²) >= 11 is 0. The van der Waals surface area contributed by atoms with Crippen molar-refractivity contribution in [3.05, 3.63) is 133 Å². The minimum atomic E-state index is -0.858. The lowest BCUT2D eigenvalue weighted by Crippen LogP contribution is -2.47. The number of esters is 1. The number of amides is 2. The van der Waals surface area contributed by atoms with E-state index < -0.39 is 41.9 Å². The van der Waals surface area contributed by atoms with Gasteiger partial charge in [0.15, 0.2) is 0 Å². The zero-order valence-corrected chi connectivity index (χ0v) is 26.6. The van der Waals surface area contributed by atoms with E-state index in [4.69, 9.17) is 9.47 Å². The van der Waals surface area contributed by atoms with Gasteiger partial charge in [-0.05, 0) is 42.4 Å². The summed E-state index contributed by atoms with van der Waals surface area (Å²) in [5.74, 6) is -2.39. The van der Waals surface area contributed by atoms with Crippen molar-refractivity contribution in [2.45, 2.75) is 50.3 Å². The Morgan fingerprint density at radius 1 is 0.783 bits per heavy atom. The largest absolute Gasteiger partial charge is 0.455 e. The molecule has 3 N–H and O–H groups in total. The number of aliphatic hydroxyl groups is 1. The number of methoxy groups -OCH3 is 1. The van der Waals surface area contributed by atoms with E-state index in [9.17, 15) is 19.5 Å². The van der Waals surface area contributed by atoms with Gasteiger partial charge in [-0.1, -0.05) is 103 Å². The highest BCUT2D eigenvalue weighted by Crippen LogP contribution is 2.26. The Morgan fingerprint density at radius 3 is 1.87 bits per heavy atom. The fourth-order valence-electron chi connectivity index (χ4n) is 5.35. The van der Waals surface area contributed by atoms with Crippen LogP contribution in [-0.2, 0) is 36.7 Å². The lowest BCUT2D eigenvalue weighted by molar-refractivity contribution is -0.158. The SMILES string of the molecule is C=CC[C@H](CC(=O)N[C@H](CO)Cc1ccccc1)C(=O)N[C@@H](COC)[C@@H](OC(=O)[C@H](CC=C)Cc1ccccc1)c1ccccc1. The Labute approximate surface area is 272 Å². The normalized spacial score (nSPS) is 14.1. The number of carbonyl (C=O) groups excluding carboxylic acids is 3. The summed E-state index contributed by atoms with van der Waals surface area (Å²) < 4.78 is 11.7. The summed E-state index contributed by atoms with van der Waals surface area (Å²) in [4.78, 5) is 40.4. The van der Waals surface area contributed by atoms with Crippen LogP contribution in [0.3, 0.4) is 0 Å². The summed E-state index contributed by atoms with van der Waals surface area (Å²) in [6.45, 7) is 7.42. The highest BCUT2D eigenvalue weighted by Gasteiger charge is 2.33. The number of ether oxygens (including phenoxy) is 2. The van der Waals surface area contributed by atoms with Crippen molar-refractivity contribution in [2.24, 2.45) is 11.8 Å². The molecule has 0 aliphatic rings. The van der Waals surface area contributed by atoms with Gasteiger partial charge in [-0.15, -0.1) is 13.2 Å². The van der Waals surface area contributed by atoms with E-state index in [0.29, 0.717) is 24.8 Å². The molecule has 0 bridgehead atoms. The van der Waals surface area contributed by atoms with Gasteiger partial charge in [0.05, 0.1) is 37.1 Å².